The number of allylic oxidation sites excluding steroid dienone is 2. The van der Waals surface area contributed by atoms with Gasteiger partial charge < -0.3 is 5.32 Å². The molecule has 0 bridgehead atoms. The van der Waals surface area contributed by atoms with Crippen LogP contribution in [0.2, 0.25) is 0 Å². The van der Waals surface area contributed by atoms with Crippen LogP contribution in [-0.4, -0.2) is 15.4 Å². The average Bonchev–Trinajstić information content (AvgIpc) is 2.55. The number of rotatable bonds is 0. The molecule has 2 heterocycles. The number of aromatic nitrogens is 3. The van der Waals surface area contributed by atoms with E-state index in [9.17, 15) is 0 Å². The maximum atomic E-state index is 4.11. The van der Waals surface area contributed by atoms with Crippen LogP contribution in [0.3, 0.4) is 0 Å². The van der Waals surface area contributed by atoms with Gasteiger partial charge >= 0.3 is 0 Å². The van der Waals surface area contributed by atoms with Crippen LogP contribution in [0.1, 0.15) is 5.56 Å². The summed E-state index contributed by atoms with van der Waals surface area (Å²) in [5, 5.41) is 13.9. The first-order valence-electron chi connectivity index (χ1n) is 4.38. The third kappa shape index (κ3) is 0.939. The lowest BCUT2D eigenvalue weighted by atomic mass is 10.1. The zero-order valence-corrected chi connectivity index (χ0v) is 7.36. The Labute approximate surface area is 80.3 Å². The second-order valence-electron chi connectivity index (χ2n) is 3.08. The van der Waals surface area contributed by atoms with Gasteiger partial charge in [0.05, 0.1) is 5.69 Å². The van der Waals surface area contributed by atoms with E-state index in [4.69, 9.17) is 0 Å². The monoisotopic (exact) mass is 184 g/mol. The van der Waals surface area contributed by atoms with Gasteiger partial charge in [0.25, 0.3) is 0 Å². The third-order valence-corrected chi connectivity index (χ3v) is 2.23. The number of nitrogens with one attached hydrogen (secondary N) is 2. The lowest BCUT2D eigenvalue weighted by Gasteiger charge is -2.03. The molecule has 1 aliphatic heterocycles. The Morgan fingerprint density at radius 1 is 1.07 bits per heavy atom. The highest BCUT2D eigenvalue weighted by molar-refractivity contribution is 5.93. The van der Waals surface area contributed by atoms with Gasteiger partial charge in [-0.15, -0.1) is 0 Å². The number of hydrogen-bond acceptors (Lipinski definition) is 3. The molecule has 0 radical (unpaired) electrons. The van der Waals surface area contributed by atoms with Gasteiger partial charge in [0, 0.05) is 11.8 Å². The molecule has 0 aliphatic carbocycles. The summed E-state index contributed by atoms with van der Waals surface area (Å²) in [5.41, 5.74) is 3.87. The molecule has 14 heavy (non-hydrogen) atoms. The van der Waals surface area contributed by atoms with Crippen molar-refractivity contribution in [1.82, 2.24) is 15.4 Å². The van der Waals surface area contributed by atoms with E-state index >= 15 is 0 Å². The molecule has 0 saturated carbocycles. The molecule has 0 unspecified atom stereocenters. The number of H-pyrrole nitrogens is 1. The van der Waals surface area contributed by atoms with E-state index in [-0.39, 0.29) is 0 Å². The van der Waals surface area contributed by atoms with Crippen molar-refractivity contribution in [2.75, 3.05) is 5.32 Å². The molecule has 0 amide bonds. The fourth-order valence-corrected chi connectivity index (χ4v) is 1.56. The summed E-state index contributed by atoms with van der Waals surface area (Å²) >= 11 is 0. The Hall–Kier alpha value is -2.10. The Morgan fingerprint density at radius 3 is 3.07 bits per heavy atom. The Balaban J connectivity index is 2.38. The van der Waals surface area contributed by atoms with Crippen molar-refractivity contribution in [3.8, 4) is 0 Å². The fraction of sp³-hybridized carbons (Fsp3) is 0. The minimum atomic E-state index is 0.874. The van der Waals surface area contributed by atoms with Crippen molar-refractivity contribution in [3.63, 3.8) is 0 Å². The number of anilines is 1. The van der Waals surface area contributed by atoms with Gasteiger partial charge in [-0.1, -0.05) is 18.2 Å². The number of fused-ring (bicyclic) bond motifs is 3. The third-order valence-electron chi connectivity index (χ3n) is 2.23. The summed E-state index contributed by atoms with van der Waals surface area (Å²) in [6.45, 7) is 0. The SMILES string of the molecule is C1=CNc2c(ccc3n[nH]nc23)C=C1. The van der Waals surface area contributed by atoms with Gasteiger partial charge in [-0.25, -0.2) is 0 Å². The van der Waals surface area contributed by atoms with Gasteiger partial charge in [0.15, 0.2) is 0 Å². The topological polar surface area (TPSA) is 53.6 Å². The van der Waals surface area contributed by atoms with Crippen LogP contribution in [0.15, 0.2) is 30.5 Å². The number of aromatic amines is 1. The first-order chi connectivity index (χ1) is 6.95. The molecule has 2 aromatic rings. The molecule has 4 nitrogen and oxygen atoms in total. The molecule has 0 atom stereocenters. The summed E-state index contributed by atoms with van der Waals surface area (Å²) in [7, 11) is 0. The second-order valence-corrected chi connectivity index (χ2v) is 3.08. The summed E-state index contributed by atoms with van der Waals surface area (Å²) in [4.78, 5) is 0. The quantitative estimate of drug-likeness (QED) is 0.657. The number of nitrogens with zero attached hydrogens (tertiary/aromatic N) is 2. The summed E-state index contributed by atoms with van der Waals surface area (Å²) in [5.74, 6) is 0. The molecule has 0 spiro atoms. The van der Waals surface area contributed by atoms with Crippen LogP contribution in [-0.2, 0) is 0 Å². The van der Waals surface area contributed by atoms with Gasteiger partial charge in [-0.05, 0) is 12.1 Å². The second kappa shape index (κ2) is 2.70. The predicted molar refractivity (Wildman–Crippen MR) is 55.7 cm³/mol. The standard InChI is InChI=1S/C10H8N4/c1-2-6-11-9-7(3-1)4-5-8-10(9)13-14-12-8/h1-6,11H,(H,12,13,14). The molecule has 68 valence electrons. The molecule has 3 rings (SSSR count). The van der Waals surface area contributed by atoms with Gasteiger partial charge in [-0.2, -0.15) is 15.4 Å². The van der Waals surface area contributed by atoms with Crippen molar-refractivity contribution >= 4 is 22.8 Å². The highest BCUT2D eigenvalue weighted by Gasteiger charge is 2.08. The van der Waals surface area contributed by atoms with Gasteiger partial charge in [-0.3, -0.25) is 0 Å². The minimum absolute atomic E-state index is 0.874. The molecule has 0 saturated heterocycles. The minimum Gasteiger partial charge on any atom is -0.359 e. The molecule has 1 aliphatic rings. The maximum absolute atomic E-state index is 4.11. The van der Waals surface area contributed by atoms with E-state index < -0.39 is 0 Å². The summed E-state index contributed by atoms with van der Waals surface area (Å²) in [6.07, 6.45) is 7.87. The van der Waals surface area contributed by atoms with E-state index in [2.05, 4.69) is 20.7 Å². The number of hydrogen-bond donors (Lipinski definition) is 2. The van der Waals surface area contributed by atoms with Gasteiger partial charge in [0.1, 0.15) is 11.0 Å². The Kier molecular flexibility index (Phi) is 1.41. The fourth-order valence-electron chi connectivity index (χ4n) is 1.56. The van der Waals surface area contributed by atoms with Crippen molar-refractivity contribution in [2.45, 2.75) is 0 Å². The molecule has 2 N–H and O–H groups in total. The Bertz CT molecular complexity index is 536. The summed E-state index contributed by atoms with van der Waals surface area (Å²) < 4.78 is 0. The molecule has 4 heteroatoms. The molecular weight excluding hydrogens is 176 g/mol. The van der Waals surface area contributed by atoms with Crippen LogP contribution in [0.25, 0.3) is 17.1 Å². The van der Waals surface area contributed by atoms with Crippen molar-refractivity contribution in [2.24, 2.45) is 0 Å². The smallest absolute Gasteiger partial charge is 0.136 e. The average molecular weight is 184 g/mol. The molecule has 1 aromatic heterocycles. The first kappa shape index (κ1) is 7.32. The van der Waals surface area contributed by atoms with E-state index in [1.807, 2.05) is 36.6 Å². The predicted octanol–water partition coefficient (Wildman–Crippen LogP) is 1.91. The van der Waals surface area contributed by atoms with E-state index in [0.29, 0.717) is 0 Å². The molecule has 1 aromatic carbocycles. The van der Waals surface area contributed by atoms with Crippen LogP contribution in [0.5, 0.6) is 0 Å². The molecular formula is C10H8N4. The normalized spacial score (nSPS) is 13.7. The van der Waals surface area contributed by atoms with Crippen LogP contribution >= 0.6 is 0 Å². The number of benzene rings is 1. The van der Waals surface area contributed by atoms with Crippen LogP contribution in [0, 0.1) is 0 Å². The summed E-state index contributed by atoms with van der Waals surface area (Å²) in [6, 6.07) is 3.98. The molecule has 0 fully saturated rings. The zero-order chi connectivity index (χ0) is 9.38. The van der Waals surface area contributed by atoms with Crippen molar-refractivity contribution in [3.05, 3.63) is 36.0 Å². The maximum Gasteiger partial charge on any atom is 0.136 e. The van der Waals surface area contributed by atoms with Crippen molar-refractivity contribution < 1.29 is 0 Å². The Morgan fingerprint density at radius 2 is 2.07 bits per heavy atom. The zero-order valence-electron chi connectivity index (χ0n) is 7.36. The highest BCUT2D eigenvalue weighted by atomic mass is 15.3. The van der Waals surface area contributed by atoms with E-state index in [1.54, 1.807) is 0 Å². The largest absolute Gasteiger partial charge is 0.359 e. The van der Waals surface area contributed by atoms with E-state index in [1.165, 1.54) is 0 Å². The lowest BCUT2D eigenvalue weighted by molar-refractivity contribution is 0.959. The van der Waals surface area contributed by atoms with E-state index in [0.717, 1.165) is 22.3 Å². The van der Waals surface area contributed by atoms with Crippen LogP contribution < -0.4 is 5.32 Å². The van der Waals surface area contributed by atoms with Crippen molar-refractivity contribution in [1.29, 1.82) is 0 Å². The first-order valence-corrected chi connectivity index (χ1v) is 4.38. The van der Waals surface area contributed by atoms with Gasteiger partial charge in [0.2, 0.25) is 0 Å². The lowest BCUT2D eigenvalue weighted by Crippen LogP contribution is -1.90. The van der Waals surface area contributed by atoms with Crippen LogP contribution in [0.4, 0.5) is 5.69 Å². The highest BCUT2D eigenvalue weighted by Crippen LogP contribution is 2.26.